The molecule has 0 aliphatic carbocycles. The SMILES string of the molecule is C=C/C(C)=C(\C=C/C)N/C(C=C)=C(C)/C=C\C.CC.CC.CC. The largest absolute Gasteiger partial charge is 0.355 e. The molecule has 1 nitrogen and oxygen atoms in total. The molecule has 0 atom stereocenters. The molecule has 23 heavy (non-hydrogen) atoms. The minimum Gasteiger partial charge on any atom is -0.355 e. The number of nitrogens with one attached hydrogen (secondary N) is 1. The van der Waals surface area contributed by atoms with Crippen molar-refractivity contribution in [2.75, 3.05) is 0 Å². The molecule has 0 heterocycles. The van der Waals surface area contributed by atoms with Crippen LogP contribution in [0.4, 0.5) is 0 Å². The van der Waals surface area contributed by atoms with E-state index in [2.05, 4.69) is 31.5 Å². The van der Waals surface area contributed by atoms with Crippen molar-refractivity contribution in [3.05, 3.63) is 72.2 Å². The molecule has 0 aromatic heterocycles. The third kappa shape index (κ3) is 16.4. The van der Waals surface area contributed by atoms with Gasteiger partial charge in [0.15, 0.2) is 0 Å². The molecule has 0 bridgehead atoms. The third-order valence-electron chi connectivity index (χ3n) is 2.38. The lowest BCUT2D eigenvalue weighted by Gasteiger charge is -2.12. The summed E-state index contributed by atoms with van der Waals surface area (Å²) in [6, 6.07) is 0. The van der Waals surface area contributed by atoms with Crippen LogP contribution in [-0.2, 0) is 0 Å². The molecule has 0 aliphatic rings. The fraction of sp³-hybridized carbons (Fsp3) is 0.455. The highest BCUT2D eigenvalue weighted by Gasteiger charge is 2.00. The predicted octanol–water partition coefficient (Wildman–Crippen LogP) is 7.73. The molecular weight excluding hydrogens is 278 g/mol. The molecule has 0 saturated carbocycles. The van der Waals surface area contributed by atoms with Gasteiger partial charge in [-0.25, -0.2) is 0 Å². The molecule has 0 radical (unpaired) electrons. The van der Waals surface area contributed by atoms with Gasteiger partial charge in [-0.1, -0.05) is 79.0 Å². The van der Waals surface area contributed by atoms with Crippen LogP contribution in [0.5, 0.6) is 0 Å². The van der Waals surface area contributed by atoms with Gasteiger partial charge in [-0.05, 0) is 51.0 Å². The lowest BCUT2D eigenvalue weighted by atomic mass is 10.1. The molecule has 0 rings (SSSR count). The van der Waals surface area contributed by atoms with Gasteiger partial charge in [0.1, 0.15) is 0 Å². The molecule has 0 spiro atoms. The molecule has 1 N–H and O–H groups in total. The number of hydrogen-bond donors (Lipinski definition) is 1. The molecule has 0 unspecified atom stereocenters. The summed E-state index contributed by atoms with van der Waals surface area (Å²) in [5, 5.41) is 3.37. The molecule has 134 valence electrons. The van der Waals surface area contributed by atoms with Gasteiger partial charge in [-0.15, -0.1) is 0 Å². The predicted molar refractivity (Wildman–Crippen MR) is 113 cm³/mol. The van der Waals surface area contributed by atoms with Crippen molar-refractivity contribution in [2.45, 2.75) is 69.2 Å². The first-order valence-electron chi connectivity index (χ1n) is 8.79. The van der Waals surface area contributed by atoms with Crippen LogP contribution in [0.2, 0.25) is 0 Å². The fourth-order valence-corrected chi connectivity index (χ4v) is 1.34. The zero-order valence-corrected chi connectivity index (χ0v) is 17.4. The highest BCUT2D eigenvalue weighted by molar-refractivity contribution is 5.38. The summed E-state index contributed by atoms with van der Waals surface area (Å²) in [5.74, 6) is 0. The summed E-state index contributed by atoms with van der Waals surface area (Å²) in [5.41, 5.74) is 4.32. The van der Waals surface area contributed by atoms with E-state index in [-0.39, 0.29) is 0 Å². The molecule has 1 heteroatoms. The topological polar surface area (TPSA) is 12.0 Å². The van der Waals surface area contributed by atoms with Crippen molar-refractivity contribution in [3.63, 3.8) is 0 Å². The van der Waals surface area contributed by atoms with Crippen molar-refractivity contribution >= 4 is 0 Å². The Hall–Kier alpha value is -1.76. The van der Waals surface area contributed by atoms with Gasteiger partial charge in [0, 0.05) is 11.4 Å². The fourth-order valence-electron chi connectivity index (χ4n) is 1.34. The van der Waals surface area contributed by atoms with Crippen LogP contribution >= 0.6 is 0 Å². The Morgan fingerprint density at radius 2 is 1.09 bits per heavy atom. The van der Waals surface area contributed by atoms with E-state index in [9.17, 15) is 0 Å². The summed E-state index contributed by atoms with van der Waals surface area (Å²) in [7, 11) is 0. The highest BCUT2D eigenvalue weighted by atomic mass is 14.9. The molecular formula is C22H41N. The van der Waals surface area contributed by atoms with E-state index in [1.807, 2.05) is 92.7 Å². The van der Waals surface area contributed by atoms with E-state index in [1.54, 1.807) is 0 Å². The first-order valence-corrected chi connectivity index (χ1v) is 8.79. The van der Waals surface area contributed by atoms with Crippen LogP contribution < -0.4 is 5.32 Å². The Morgan fingerprint density at radius 3 is 1.39 bits per heavy atom. The maximum Gasteiger partial charge on any atom is 0.0410 e. The summed E-state index contributed by atoms with van der Waals surface area (Å²) >= 11 is 0. The second-order valence-electron chi connectivity index (χ2n) is 3.73. The zero-order valence-electron chi connectivity index (χ0n) is 17.4. The normalized spacial score (nSPS) is 11.6. The lowest BCUT2D eigenvalue weighted by Crippen LogP contribution is -2.12. The van der Waals surface area contributed by atoms with Crippen molar-refractivity contribution in [1.82, 2.24) is 5.32 Å². The second kappa shape index (κ2) is 25.2. The average Bonchev–Trinajstić information content (AvgIpc) is 2.63. The molecule has 0 aromatic carbocycles. The average molecular weight is 320 g/mol. The van der Waals surface area contributed by atoms with Gasteiger partial charge in [0.05, 0.1) is 0 Å². The molecule has 0 saturated heterocycles. The van der Waals surface area contributed by atoms with E-state index in [1.165, 1.54) is 0 Å². The van der Waals surface area contributed by atoms with Crippen molar-refractivity contribution in [1.29, 1.82) is 0 Å². The molecule has 0 aliphatic heterocycles. The summed E-state index contributed by atoms with van der Waals surface area (Å²) in [6.45, 7) is 27.7. The minimum absolute atomic E-state index is 1.01. The maximum absolute atomic E-state index is 3.84. The first-order chi connectivity index (χ1) is 11.1. The molecule has 0 aromatic rings. The summed E-state index contributed by atoms with van der Waals surface area (Å²) in [6.07, 6.45) is 11.8. The van der Waals surface area contributed by atoms with Crippen LogP contribution in [0.3, 0.4) is 0 Å². The lowest BCUT2D eigenvalue weighted by molar-refractivity contribution is 1.01. The van der Waals surface area contributed by atoms with Crippen LogP contribution in [0.15, 0.2) is 72.2 Å². The van der Waals surface area contributed by atoms with Gasteiger partial charge >= 0.3 is 0 Å². The van der Waals surface area contributed by atoms with Crippen molar-refractivity contribution in [3.8, 4) is 0 Å². The monoisotopic (exact) mass is 319 g/mol. The Bertz CT molecular complexity index is 390. The van der Waals surface area contributed by atoms with Crippen molar-refractivity contribution < 1.29 is 0 Å². The summed E-state index contributed by atoms with van der Waals surface area (Å²) in [4.78, 5) is 0. The Morgan fingerprint density at radius 1 is 0.652 bits per heavy atom. The van der Waals surface area contributed by atoms with E-state index >= 15 is 0 Å². The quantitative estimate of drug-likeness (QED) is 0.494. The van der Waals surface area contributed by atoms with E-state index in [0.29, 0.717) is 0 Å². The van der Waals surface area contributed by atoms with E-state index in [4.69, 9.17) is 0 Å². The first kappa shape index (κ1) is 29.3. The second-order valence-corrected chi connectivity index (χ2v) is 3.73. The van der Waals surface area contributed by atoms with E-state index < -0.39 is 0 Å². The van der Waals surface area contributed by atoms with Crippen LogP contribution in [0, 0.1) is 0 Å². The number of allylic oxidation sites excluding steroid dienone is 8. The Balaban J connectivity index is -0.000000267. The van der Waals surface area contributed by atoms with Gasteiger partial charge in [-0.3, -0.25) is 0 Å². The smallest absolute Gasteiger partial charge is 0.0410 e. The van der Waals surface area contributed by atoms with Crippen LogP contribution in [0.1, 0.15) is 69.2 Å². The maximum atomic E-state index is 3.84. The molecule has 0 amide bonds. The zero-order chi connectivity index (χ0) is 19.3. The molecule has 0 fully saturated rings. The van der Waals surface area contributed by atoms with Crippen LogP contribution in [0.25, 0.3) is 0 Å². The standard InChI is InChI=1S/C16H23N.3C2H6/c1-7-11-14(6)15(10-4)17-16(12-8-2)13(5)9-3;3*1-2/h7-12,17H,3-4H2,1-2,5-6H3;3*1-2H3/b11-7-,12-8-,15-14+,16-13+;;;. The Labute approximate surface area is 147 Å². The Kier molecular flexibility index (Phi) is 32.1. The van der Waals surface area contributed by atoms with Gasteiger partial charge < -0.3 is 5.32 Å². The summed E-state index contributed by atoms with van der Waals surface area (Å²) < 4.78 is 0. The number of rotatable bonds is 6. The van der Waals surface area contributed by atoms with Crippen LogP contribution in [-0.4, -0.2) is 0 Å². The minimum atomic E-state index is 1.01. The van der Waals surface area contributed by atoms with Gasteiger partial charge in [0.2, 0.25) is 0 Å². The van der Waals surface area contributed by atoms with Gasteiger partial charge in [-0.2, -0.15) is 0 Å². The van der Waals surface area contributed by atoms with Gasteiger partial charge in [0.25, 0.3) is 0 Å². The number of hydrogen-bond acceptors (Lipinski definition) is 1. The van der Waals surface area contributed by atoms with E-state index in [0.717, 1.165) is 22.5 Å². The third-order valence-corrected chi connectivity index (χ3v) is 2.38. The van der Waals surface area contributed by atoms with Crippen molar-refractivity contribution in [2.24, 2.45) is 0 Å². The highest BCUT2D eigenvalue weighted by Crippen LogP contribution is 2.10.